The molecule has 110 valence electrons. The summed E-state index contributed by atoms with van der Waals surface area (Å²) in [5, 5.41) is 8.87. The van der Waals surface area contributed by atoms with Crippen LogP contribution in [0.1, 0.15) is 33.8 Å². The van der Waals surface area contributed by atoms with Crippen molar-refractivity contribution in [3.8, 4) is 6.07 Å². The Morgan fingerprint density at radius 3 is 3.00 bits per heavy atom. The molecule has 2 atom stereocenters. The van der Waals surface area contributed by atoms with Crippen LogP contribution in [0.5, 0.6) is 0 Å². The maximum absolute atomic E-state index is 12.7. The number of nitriles is 1. The van der Waals surface area contributed by atoms with E-state index in [0.29, 0.717) is 35.9 Å². The van der Waals surface area contributed by atoms with Gasteiger partial charge in [0.05, 0.1) is 24.1 Å². The Hall–Kier alpha value is -1.71. The lowest BCUT2D eigenvalue weighted by atomic mass is 9.95. The maximum Gasteiger partial charge on any atom is 0.264 e. The Balaban J connectivity index is 1.82. The van der Waals surface area contributed by atoms with Crippen LogP contribution in [0.25, 0.3) is 0 Å². The molecule has 1 saturated carbocycles. The van der Waals surface area contributed by atoms with E-state index in [9.17, 15) is 9.59 Å². The van der Waals surface area contributed by atoms with Gasteiger partial charge in [-0.3, -0.25) is 9.59 Å². The molecule has 2 fully saturated rings. The average molecular weight is 304 g/mol. The van der Waals surface area contributed by atoms with Crippen LogP contribution in [0, 0.1) is 17.2 Å². The molecule has 1 aromatic rings. The number of Topliss-reactive ketones (excluding diaryl/α,β-unsaturated/α-hetero) is 1. The number of hydrogen-bond acceptors (Lipinski definition) is 5. The predicted molar refractivity (Wildman–Crippen MR) is 77.0 cm³/mol. The van der Waals surface area contributed by atoms with Crippen molar-refractivity contribution in [2.24, 2.45) is 5.92 Å². The van der Waals surface area contributed by atoms with E-state index in [4.69, 9.17) is 10.00 Å². The van der Waals surface area contributed by atoms with E-state index in [-0.39, 0.29) is 23.7 Å². The summed E-state index contributed by atoms with van der Waals surface area (Å²) in [6.07, 6.45) is 2.35. The molecule has 1 amide bonds. The number of ketones is 1. The van der Waals surface area contributed by atoms with Gasteiger partial charge in [-0.15, -0.1) is 11.3 Å². The fraction of sp³-hybridized carbons (Fsp3) is 0.533. The van der Waals surface area contributed by atoms with Crippen molar-refractivity contribution in [1.29, 1.82) is 5.26 Å². The molecule has 2 unspecified atom stereocenters. The van der Waals surface area contributed by atoms with Gasteiger partial charge >= 0.3 is 0 Å². The van der Waals surface area contributed by atoms with Gasteiger partial charge in [-0.05, 0) is 25.0 Å². The monoisotopic (exact) mass is 304 g/mol. The van der Waals surface area contributed by atoms with Crippen molar-refractivity contribution in [2.75, 3.05) is 19.8 Å². The summed E-state index contributed by atoms with van der Waals surface area (Å²) in [6, 6.07) is 5.24. The van der Waals surface area contributed by atoms with Gasteiger partial charge in [0.1, 0.15) is 16.7 Å². The van der Waals surface area contributed by atoms with Gasteiger partial charge < -0.3 is 9.64 Å². The minimum Gasteiger partial charge on any atom is -0.377 e. The Morgan fingerprint density at radius 1 is 1.48 bits per heavy atom. The molecule has 0 aromatic carbocycles. The normalized spacial score (nSPS) is 25.9. The SMILES string of the molecule is N#Cc1ccc(C(=O)N2CCOCC2C2CCCC2=O)s1. The molecule has 2 aliphatic rings. The van der Waals surface area contributed by atoms with Crippen molar-refractivity contribution in [1.82, 2.24) is 4.90 Å². The van der Waals surface area contributed by atoms with Crippen LogP contribution in [0.3, 0.4) is 0 Å². The van der Waals surface area contributed by atoms with Crippen molar-refractivity contribution in [2.45, 2.75) is 25.3 Å². The molecule has 6 heteroatoms. The Morgan fingerprint density at radius 2 is 2.33 bits per heavy atom. The Bertz CT molecular complexity index is 604. The van der Waals surface area contributed by atoms with Crippen LogP contribution in [0.15, 0.2) is 12.1 Å². The molecule has 0 spiro atoms. The van der Waals surface area contributed by atoms with E-state index in [1.54, 1.807) is 17.0 Å². The smallest absolute Gasteiger partial charge is 0.264 e. The second-order valence-electron chi connectivity index (χ2n) is 5.38. The second kappa shape index (κ2) is 5.96. The first-order valence-corrected chi connectivity index (χ1v) is 7.93. The van der Waals surface area contributed by atoms with Crippen LogP contribution in [-0.2, 0) is 9.53 Å². The van der Waals surface area contributed by atoms with E-state index in [1.807, 2.05) is 6.07 Å². The van der Waals surface area contributed by atoms with Gasteiger partial charge in [-0.1, -0.05) is 0 Å². The lowest BCUT2D eigenvalue weighted by Gasteiger charge is -2.38. The van der Waals surface area contributed by atoms with E-state index < -0.39 is 0 Å². The van der Waals surface area contributed by atoms with Crippen LogP contribution in [-0.4, -0.2) is 42.4 Å². The third-order valence-corrected chi connectivity index (χ3v) is 5.15. The van der Waals surface area contributed by atoms with Gasteiger partial charge in [0.15, 0.2) is 0 Å². The quantitative estimate of drug-likeness (QED) is 0.836. The highest BCUT2D eigenvalue weighted by molar-refractivity contribution is 7.14. The lowest BCUT2D eigenvalue weighted by molar-refractivity contribution is -0.124. The number of carbonyl (C=O) groups is 2. The number of morpholine rings is 1. The largest absolute Gasteiger partial charge is 0.377 e. The van der Waals surface area contributed by atoms with Crippen molar-refractivity contribution in [3.05, 3.63) is 21.9 Å². The molecule has 0 bridgehead atoms. The highest BCUT2D eigenvalue weighted by atomic mass is 32.1. The number of thiophene rings is 1. The number of hydrogen-bond donors (Lipinski definition) is 0. The number of carbonyl (C=O) groups excluding carboxylic acids is 2. The second-order valence-corrected chi connectivity index (χ2v) is 6.47. The predicted octanol–water partition coefficient (Wildman–Crippen LogP) is 1.83. The lowest BCUT2D eigenvalue weighted by Crippen LogP contribution is -2.52. The highest BCUT2D eigenvalue weighted by Gasteiger charge is 2.39. The average Bonchev–Trinajstić information content (AvgIpc) is 3.15. The minimum atomic E-state index is -0.158. The van der Waals surface area contributed by atoms with Gasteiger partial charge in [-0.25, -0.2) is 0 Å². The Kier molecular flexibility index (Phi) is 4.04. The van der Waals surface area contributed by atoms with Gasteiger partial charge in [-0.2, -0.15) is 5.26 Å². The zero-order valence-corrected chi connectivity index (χ0v) is 12.4. The standard InChI is InChI=1S/C15H16N2O3S/c16-8-10-4-5-14(21-10)15(19)17-6-7-20-9-12(17)11-2-1-3-13(11)18/h4-5,11-12H,1-3,6-7,9H2. The van der Waals surface area contributed by atoms with Gasteiger partial charge in [0.2, 0.25) is 0 Å². The minimum absolute atomic E-state index is 0.0884. The third kappa shape index (κ3) is 2.71. The zero-order valence-electron chi connectivity index (χ0n) is 11.6. The number of ether oxygens (including phenoxy) is 1. The molecule has 5 nitrogen and oxygen atoms in total. The van der Waals surface area contributed by atoms with E-state index in [2.05, 4.69) is 0 Å². The molecule has 21 heavy (non-hydrogen) atoms. The summed E-state index contributed by atoms with van der Waals surface area (Å²) in [6.45, 7) is 1.44. The van der Waals surface area contributed by atoms with Crippen LogP contribution >= 0.6 is 11.3 Å². The maximum atomic E-state index is 12.7. The number of rotatable bonds is 2. The summed E-state index contributed by atoms with van der Waals surface area (Å²) < 4.78 is 5.49. The zero-order chi connectivity index (χ0) is 14.8. The van der Waals surface area contributed by atoms with Gasteiger partial charge in [0.25, 0.3) is 5.91 Å². The molecule has 0 radical (unpaired) electrons. The first-order valence-electron chi connectivity index (χ1n) is 7.12. The molecular formula is C15H16N2O3S. The highest BCUT2D eigenvalue weighted by Crippen LogP contribution is 2.30. The topological polar surface area (TPSA) is 70.4 Å². The first kappa shape index (κ1) is 14.2. The summed E-state index contributed by atoms with van der Waals surface area (Å²) in [5.74, 6) is 0.0614. The molecule has 1 aromatic heterocycles. The summed E-state index contributed by atoms with van der Waals surface area (Å²) >= 11 is 1.20. The molecule has 0 N–H and O–H groups in total. The van der Waals surface area contributed by atoms with Crippen molar-refractivity contribution < 1.29 is 14.3 Å². The third-order valence-electron chi connectivity index (χ3n) is 4.17. The van der Waals surface area contributed by atoms with Gasteiger partial charge in [0, 0.05) is 18.9 Å². The Labute approximate surface area is 127 Å². The van der Waals surface area contributed by atoms with Crippen LogP contribution < -0.4 is 0 Å². The van der Waals surface area contributed by atoms with Crippen molar-refractivity contribution in [3.63, 3.8) is 0 Å². The summed E-state index contributed by atoms with van der Waals surface area (Å²) in [7, 11) is 0. The molecule has 3 rings (SSSR count). The van der Waals surface area contributed by atoms with E-state index in [1.165, 1.54) is 11.3 Å². The number of nitrogens with zero attached hydrogens (tertiary/aromatic N) is 2. The van der Waals surface area contributed by atoms with Crippen LogP contribution in [0.2, 0.25) is 0 Å². The van der Waals surface area contributed by atoms with Crippen LogP contribution in [0.4, 0.5) is 0 Å². The summed E-state index contributed by atoms with van der Waals surface area (Å²) in [4.78, 5) is 27.5. The molecular weight excluding hydrogens is 288 g/mol. The molecule has 2 heterocycles. The van der Waals surface area contributed by atoms with Crippen molar-refractivity contribution >= 4 is 23.0 Å². The summed E-state index contributed by atoms with van der Waals surface area (Å²) in [5.41, 5.74) is 0. The van der Waals surface area contributed by atoms with E-state index in [0.717, 1.165) is 12.8 Å². The fourth-order valence-electron chi connectivity index (χ4n) is 3.11. The van der Waals surface area contributed by atoms with E-state index >= 15 is 0 Å². The fourth-order valence-corrected chi connectivity index (χ4v) is 3.87. The molecule has 1 aliphatic heterocycles. The number of amides is 1. The molecule has 1 saturated heterocycles. The molecule has 1 aliphatic carbocycles. The first-order chi connectivity index (χ1) is 10.2.